The zero-order valence-electron chi connectivity index (χ0n) is 13.7. The van der Waals surface area contributed by atoms with E-state index in [-0.39, 0.29) is 0 Å². The number of hydrogen-bond donors (Lipinski definition) is 0. The summed E-state index contributed by atoms with van der Waals surface area (Å²) >= 11 is 0. The van der Waals surface area contributed by atoms with Gasteiger partial charge in [0.05, 0.1) is 14.2 Å². The Morgan fingerprint density at radius 1 is 0.636 bits per heavy atom. The quantitative estimate of drug-likeness (QED) is 0.621. The highest BCUT2D eigenvalue weighted by molar-refractivity contribution is 6.11. The van der Waals surface area contributed by atoms with Gasteiger partial charge in [0, 0.05) is 0 Å². The van der Waals surface area contributed by atoms with Crippen molar-refractivity contribution in [1.29, 1.82) is 0 Å². The molecule has 0 aliphatic carbocycles. The lowest BCUT2D eigenvalue weighted by Gasteiger charge is -2.17. The van der Waals surface area contributed by atoms with E-state index in [0.29, 0.717) is 0 Å². The van der Waals surface area contributed by atoms with E-state index in [2.05, 4.69) is 38.1 Å². The van der Waals surface area contributed by atoms with Gasteiger partial charge in [-0.25, -0.2) is 0 Å². The fourth-order valence-corrected chi connectivity index (χ4v) is 3.41. The number of rotatable bonds is 4. The van der Waals surface area contributed by atoms with Crippen LogP contribution in [-0.2, 0) is 12.8 Å². The minimum absolute atomic E-state index is 0.892. The van der Waals surface area contributed by atoms with Gasteiger partial charge in [-0.3, -0.25) is 0 Å². The van der Waals surface area contributed by atoms with E-state index in [9.17, 15) is 0 Å². The maximum absolute atomic E-state index is 5.43. The van der Waals surface area contributed by atoms with Crippen molar-refractivity contribution in [3.05, 3.63) is 47.5 Å². The maximum Gasteiger partial charge on any atom is 0.119 e. The van der Waals surface area contributed by atoms with Crippen LogP contribution in [0, 0.1) is 0 Å². The minimum Gasteiger partial charge on any atom is -0.497 e. The molecule has 0 radical (unpaired) electrons. The molecular formula is C20H22O2. The summed E-state index contributed by atoms with van der Waals surface area (Å²) in [6.07, 6.45) is 2.07. The van der Waals surface area contributed by atoms with Crippen molar-refractivity contribution in [3.63, 3.8) is 0 Å². The molecule has 3 aromatic carbocycles. The number of ether oxygens (including phenoxy) is 2. The van der Waals surface area contributed by atoms with Gasteiger partial charge in [0.25, 0.3) is 0 Å². The third-order valence-electron chi connectivity index (χ3n) is 4.47. The molecule has 0 fully saturated rings. The largest absolute Gasteiger partial charge is 0.497 e. The summed E-state index contributed by atoms with van der Waals surface area (Å²) in [7, 11) is 3.43. The van der Waals surface area contributed by atoms with E-state index in [0.717, 1.165) is 24.3 Å². The third-order valence-corrected chi connectivity index (χ3v) is 4.47. The van der Waals surface area contributed by atoms with Gasteiger partial charge in [-0.15, -0.1) is 0 Å². The molecule has 0 saturated heterocycles. The first-order valence-electron chi connectivity index (χ1n) is 7.82. The number of fused-ring (bicyclic) bond motifs is 3. The van der Waals surface area contributed by atoms with Crippen LogP contribution in [0.25, 0.3) is 21.5 Å². The molecule has 0 heterocycles. The lowest BCUT2D eigenvalue weighted by molar-refractivity contribution is 0.415. The number of aryl methyl sites for hydroxylation is 2. The Kier molecular flexibility index (Phi) is 3.93. The molecule has 3 rings (SSSR count). The second-order valence-electron chi connectivity index (χ2n) is 5.49. The molecule has 0 unspecified atom stereocenters. The first-order chi connectivity index (χ1) is 10.7. The molecule has 114 valence electrons. The number of benzene rings is 3. The van der Waals surface area contributed by atoms with E-state index < -0.39 is 0 Å². The minimum atomic E-state index is 0.892. The molecule has 0 aromatic heterocycles. The van der Waals surface area contributed by atoms with Gasteiger partial charge < -0.3 is 9.47 Å². The molecule has 2 nitrogen and oxygen atoms in total. The van der Waals surface area contributed by atoms with E-state index >= 15 is 0 Å². The Bertz CT molecular complexity index is 763. The van der Waals surface area contributed by atoms with Crippen molar-refractivity contribution in [3.8, 4) is 11.5 Å². The van der Waals surface area contributed by atoms with Crippen LogP contribution >= 0.6 is 0 Å². The Morgan fingerprint density at radius 2 is 1.05 bits per heavy atom. The van der Waals surface area contributed by atoms with E-state index in [4.69, 9.17) is 9.47 Å². The molecule has 22 heavy (non-hydrogen) atoms. The van der Waals surface area contributed by atoms with Crippen LogP contribution in [0.4, 0.5) is 0 Å². The van der Waals surface area contributed by atoms with Crippen LogP contribution in [0.15, 0.2) is 36.4 Å². The van der Waals surface area contributed by atoms with E-state index in [1.54, 1.807) is 14.2 Å². The van der Waals surface area contributed by atoms with Gasteiger partial charge >= 0.3 is 0 Å². The maximum atomic E-state index is 5.43. The average molecular weight is 294 g/mol. The second-order valence-corrected chi connectivity index (χ2v) is 5.49. The van der Waals surface area contributed by atoms with Crippen LogP contribution < -0.4 is 9.47 Å². The van der Waals surface area contributed by atoms with Crippen LogP contribution in [0.1, 0.15) is 25.0 Å². The van der Waals surface area contributed by atoms with Crippen LogP contribution in [-0.4, -0.2) is 14.2 Å². The van der Waals surface area contributed by atoms with Crippen molar-refractivity contribution in [2.24, 2.45) is 0 Å². The summed E-state index contributed by atoms with van der Waals surface area (Å²) in [5.41, 5.74) is 2.88. The summed E-state index contributed by atoms with van der Waals surface area (Å²) in [6, 6.07) is 12.7. The molecule has 0 atom stereocenters. The Labute approximate surface area is 131 Å². The van der Waals surface area contributed by atoms with Crippen molar-refractivity contribution in [2.45, 2.75) is 26.7 Å². The van der Waals surface area contributed by atoms with Gasteiger partial charge in [0.15, 0.2) is 0 Å². The Morgan fingerprint density at radius 3 is 1.36 bits per heavy atom. The molecule has 0 N–H and O–H groups in total. The van der Waals surface area contributed by atoms with E-state index in [1.807, 2.05) is 12.1 Å². The fourth-order valence-electron chi connectivity index (χ4n) is 3.41. The summed E-state index contributed by atoms with van der Waals surface area (Å²) < 4.78 is 10.9. The monoisotopic (exact) mass is 294 g/mol. The van der Waals surface area contributed by atoms with Gasteiger partial charge in [0.1, 0.15) is 11.5 Å². The average Bonchev–Trinajstić information content (AvgIpc) is 2.59. The van der Waals surface area contributed by atoms with Gasteiger partial charge in [-0.05, 0) is 69.8 Å². The van der Waals surface area contributed by atoms with Crippen molar-refractivity contribution in [2.75, 3.05) is 14.2 Å². The summed E-state index contributed by atoms with van der Waals surface area (Å²) in [6.45, 7) is 4.46. The molecule has 0 aliphatic heterocycles. The Hall–Kier alpha value is -2.22. The van der Waals surface area contributed by atoms with Crippen molar-refractivity contribution in [1.82, 2.24) is 0 Å². The highest BCUT2D eigenvalue weighted by Gasteiger charge is 2.13. The van der Waals surface area contributed by atoms with Crippen LogP contribution in [0.5, 0.6) is 11.5 Å². The summed E-state index contributed by atoms with van der Waals surface area (Å²) in [5, 5.41) is 5.12. The normalized spacial score (nSPS) is 11.1. The van der Waals surface area contributed by atoms with E-state index in [1.165, 1.54) is 32.7 Å². The molecular weight excluding hydrogens is 272 g/mol. The third kappa shape index (κ3) is 2.19. The van der Waals surface area contributed by atoms with Crippen molar-refractivity contribution < 1.29 is 9.47 Å². The summed E-state index contributed by atoms with van der Waals surface area (Å²) in [5.74, 6) is 1.78. The topological polar surface area (TPSA) is 18.5 Å². The second kappa shape index (κ2) is 5.88. The van der Waals surface area contributed by atoms with Gasteiger partial charge in [-0.2, -0.15) is 0 Å². The SMILES string of the molecule is CCc1c(CC)c2ccc(OC)cc2c2cc(OC)ccc12. The van der Waals surface area contributed by atoms with Crippen molar-refractivity contribution >= 4 is 21.5 Å². The molecule has 0 amide bonds. The molecule has 0 aliphatic rings. The molecule has 3 aromatic rings. The lowest BCUT2D eigenvalue weighted by atomic mass is 9.89. The smallest absolute Gasteiger partial charge is 0.119 e. The molecule has 0 spiro atoms. The zero-order valence-corrected chi connectivity index (χ0v) is 13.7. The Balaban J connectivity index is 2.52. The highest BCUT2D eigenvalue weighted by atomic mass is 16.5. The number of hydrogen-bond acceptors (Lipinski definition) is 2. The first kappa shape index (κ1) is 14.7. The number of methoxy groups -OCH3 is 2. The first-order valence-corrected chi connectivity index (χ1v) is 7.82. The zero-order chi connectivity index (χ0) is 15.7. The predicted molar refractivity (Wildman–Crippen MR) is 93.3 cm³/mol. The van der Waals surface area contributed by atoms with Crippen LogP contribution in [0.3, 0.4) is 0 Å². The molecule has 0 saturated carbocycles. The lowest BCUT2D eigenvalue weighted by Crippen LogP contribution is -1.97. The van der Waals surface area contributed by atoms with Crippen LogP contribution in [0.2, 0.25) is 0 Å². The molecule has 0 bridgehead atoms. The molecule has 2 heteroatoms. The highest BCUT2D eigenvalue weighted by Crippen LogP contribution is 2.37. The summed E-state index contributed by atoms with van der Waals surface area (Å²) in [4.78, 5) is 0. The van der Waals surface area contributed by atoms with Gasteiger partial charge in [0.2, 0.25) is 0 Å². The standard InChI is InChI=1S/C20H22O2/c1-5-15-16(6-2)18-10-8-14(22-4)12-20(18)19-11-13(21-3)7-9-17(15)19/h7-12H,5-6H2,1-4H3. The fraction of sp³-hybridized carbons (Fsp3) is 0.300. The predicted octanol–water partition coefficient (Wildman–Crippen LogP) is 5.14. The van der Waals surface area contributed by atoms with Gasteiger partial charge in [-0.1, -0.05) is 26.0 Å².